The number of carbonyl (C=O) groups excluding carboxylic acids is 1. The van der Waals surface area contributed by atoms with Gasteiger partial charge in [-0.1, -0.05) is 31.4 Å². The van der Waals surface area contributed by atoms with Crippen LogP contribution in [-0.2, 0) is 10.2 Å². The maximum absolute atomic E-state index is 13.2. The lowest BCUT2D eigenvalue weighted by atomic mass is 9.69. The molecular formula is C18H25FN2O. The average molecular weight is 304 g/mol. The van der Waals surface area contributed by atoms with Crippen LogP contribution in [0.1, 0.15) is 50.5 Å². The molecule has 1 aromatic rings. The van der Waals surface area contributed by atoms with Crippen LogP contribution < -0.4 is 10.6 Å². The topological polar surface area (TPSA) is 41.1 Å². The Balaban J connectivity index is 1.71. The summed E-state index contributed by atoms with van der Waals surface area (Å²) in [4.78, 5) is 12.3. The van der Waals surface area contributed by atoms with Crippen LogP contribution in [0, 0.1) is 5.82 Å². The van der Waals surface area contributed by atoms with Crippen LogP contribution in [0.15, 0.2) is 24.3 Å². The Bertz CT molecular complexity index is 502. The number of benzene rings is 1. The highest BCUT2D eigenvalue weighted by Crippen LogP contribution is 2.39. The smallest absolute Gasteiger partial charge is 0.237 e. The monoisotopic (exact) mass is 304 g/mol. The highest BCUT2D eigenvalue weighted by molar-refractivity contribution is 5.82. The minimum atomic E-state index is -0.200. The molecule has 0 spiro atoms. The third-order valence-corrected chi connectivity index (χ3v) is 5.25. The van der Waals surface area contributed by atoms with Crippen LogP contribution in [0.25, 0.3) is 0 Å². The Morgan fingerprint density at radius 1 is 1.18 bits per heavy atom. The molecule has 1 aliphatic heterocycles. The average Bonchev–Trinajstić information content (AvgIpc) is 3.09. The Morgan fingerprint density at radius 2 is 1.91 bits per heavy atom. The summed E-state index contributed by atoms with van der Waals surface area (Å²) in [5.41, 5.74) is 1.13. The van der Waals surface area contributed by atoms with Crippen molar-refractivity contribution >= 4 is 5.91 Å². The molecule has 1 heterocycles. The van der Waals surface area contributed by atoms with Crippen molar-refractivity contribution in [3.63, 3.8) is 0 Å². The molecule has 2 N–H and O–H groups in total. The second kappa shape index (κ2) is 6.78. The first-order chi connectivity index (χ1) is 10.7. The number of nitrogens with one attached hydrogen (secondary N) is 2. The molecular weight excluding hydrogens is 279 g/mol. The maximum Gasteiger partial charge on any atom is 0.237 e. The van der Waals surface area contributed by atoms with Gasteiger partial charge in [0.25, 0.3) is 0 Å². The summed E-state index contributed by atoms with van der Waals surface area (Å²) in [6.07, 6.45) is 7.73. The van der Waals surface area contributed by atoms with E-state index in [1.165, 1.54) is 31.4 Å². The summed E-state index contributed by atoms with van der Waals surface area (Å²) in [5.74, 6) is -0.0848. The molecule has 0 bridgehead atoms. The lowest BCUT2D eigenvalue weighted by Crippen LogP contribution is -2.47. The van der Waals surface area contributed by atoms with Crippen LogP contribution in [-0.4, -0.2) is 25.0 Å². The molecule has 1 amide bonds. The van der Waals surface area contributed by atoms with Crippen molar-refractivity contribution < 1.29 is 9.18 Å². The van der Waals surface area contributed by atoms with Gasteiger partial charge in [0.2, 0.25) is 5.91 Å². The van der Waals surface area contributed by atoms with Gasteiger partial charge in [-0.25, -0.2) is 4.39 Å². The van der Waals surface area contributed by atoms with Gasteiger partial charge >= 0.3 is 0 Å². The maximum atomic E-state index is 13.2. The quantitative estimate of drug-likeness (QED) is 0.898. The van der Waals surface area contributed by atoms with E-state index in [0.717, 1.165) is 37.8 Å². The Morgan fingerprint density at radius 3 is 2.55 bits per heavy atom. The van der Waals surface area contributed by atoms with E-state index in [9.17, 15) is 9.18 Å². The molecule has 22 heavy (non-hydrogen) atoms. The molecule has 2 aliphatic rings. The summed E-state index contributed by atoms with van der Waals surface area (Å²) in [7, 11) is 0. The van der Waals surface area contributed by atoms with Crippen LogP contribution in [0.2, 0.25) is 0 Å². The number of hydrogen-bond acceptors (Lipinski definition) is 2. The number of rotatable bonds is 4. The van der Waals surface area contributed by atoms with E-state index in [0.29, 0.717) is 6.54 Å². The first-order valence-electron chi connectivity index (χ1n) is 8.47. The van der Waals surface area contributed by atoms with E-state index in [1.54, 1.807) is 0 Å². The van der Waals surface area contributed by atoms with Gasteiger partial charge in [0, 0.05) is 12.0 Å². The van der Waals surface area contributed by atoms with Crippen LogP contribution in [0.4, 0.5) is 4.39 Å². The summed E-state index contributed by atoms with van der Waals surface area (Å²) in [5, 5.41) is 6.40. The van der Waals surface area contributed by atoms with Gasteiger partial charge < -0.3 is 10.6 Å². The molecule has 0 aromatic heterocycles. The number of carbonyl (C=O) groups is 1. The summed E-state index contributed by atoms with van der Waals surface area (Å²) < 4.78 is 13.2. The van der Waals surface area contributed by atoms with Crippen molar-refractivity contribution in [3.05, 3.63) is 35.6 Å². The second-order valence-electron chi connectivity index (χ2n) is 6.71. The Kier molecular flexibility index (Phi) is 4.77. The van der Waals surface area contributed by atoms with E-state index in [2.05, 4.69) is 10.6 Å². The van der Waals surface area contributed by atoms with E-state index in [1.807, 2.05) is 12.1 Å². The van der Waals surface area contributed by atoms with E-state index in [4.69, 9.17) is 0 Å². The molecule has 120 valence electrons. The highest BCUT2D eigenvalue weighted by atomic mass is 19.1. The first kappa shape index (κ1) is 15.5. The molecule has 1 saturated heterocycles. The minimum Gasteiger partial charge on any atom is -0.354 e. The van der Waals surface area contributed by atoms with Crippen LogP contribution >= 0.6 is 0 Å². The Hall–Kier alpha value is -1.42. The molecule has 3 rings (SSSR count). The highest BCUT2D eigenvalue weighted by Gasteiger charge is 2.35. The van der Waals surface area contributed by atoms with Crippen molar-refractivity contribution in [1.29, 1.82) is 0 Å². The van der Waals surface area contributed by atoms with E-state index < -0.39 is 0 Å². The van der Waals surface area contributed by atoms with Gasteiger partial charge in [0.05, 0.1) is 6.04 Å². The first-order valence-corrected chi connectivity index (χ1v) is 8.47. The second-order valence-corrected chi connectivity index (χ2v) is 6.71. The fraction of sp³-hybridized carbons (Fsp3) is 0.611. The van der Waals surface area contributed by atoms with Crippen molar-refractivity contribution in [3.8, 4) is 0 Å². The summed E-state index contributed by atoms with van der Waals surface area (Å²) in [6.45, 7) is 1.59. The van der Waals surface area contributed by atoms with Gasteiger partial charge in [-0.05, 0) is 49.9 Å². The number of hydrogen-bond donors (Lipinski definition) is 2. The molecule has 4 heteroatoms. The molecule has 0 radical (unpaired) electrons. The minimum absolute atomic E-state index is 0.0276. The van der Waals surface area contributed by atoms with Crippen molar-refractivity contribution in [2.24, 2.45) is 0 Å². The number of halogens is 1. The third kappa shape index (κ3) is 3.32. The van der Waals surface area contributed by atoms with Crippen molar-refractivity contribution in [2.75, 3.05) is 13.1 Å². The SMILES string of the molecule is O=C(NCC1(c2ccc(F)cc2)CCCCC1)C1CCCN1. The van der Waals surface area contributed by atoms with Gasteiger partial charge in [0.15, 0.2) is 0 Å². The predicted molar refractivity (Wildman–Crippen MR) is 85.2 cm³/mol. The van der Waals surface area contributed by atoms with Crippen LogP contribution in [0.3, 0.4) is 0 Å². The Labute approximate surface area is 131 Å². The zero-order valence-corrected chi connectivity index (χ0v) is 13.0. The zero-order chi connectivity index (χ0) is 15.4. The molecule has 3 nitrogen and oxygen atoms in total. The van der Waals surface area contributed by atoms with Crippen molar-refractivity contribution in [1.82, 2.24) is 10.6 Å². The lowest BCUT2D eigenvalue weighted by Gasteiger charge is -2.38. The normalized spacial score (nSPS) is 24.1. The molecule has 1 aromatic carbocycles. The standard InChI is InChI=1S/C18H25FN2O/c19-15-8-6-14(7-9-15)18(10-2-1-3-11-18)13-21-17(22)16-5-4-12-20-16/h6-9,16,20H,1-5,10-13H2,(H,21,22). The van der Waals surface area contributed by atoms with Gasteiger partial charge in [-0.3, -0.25) is 4.79 Å². The largest absolute Gasteiger partial charge is 0.354 e. The molecule has 1 saturated carbocycles. The molecule has 1 atom stereocenters. The molecule has 1 aliphatic carbocycles. The van der Waals surface area contributed by atoms with Gasteiger partial charge in [-0.15, -0.1) is 0 Å². The molecule has 2 fully saturated rings. The van der Waals surface area contributed by atoms with E-state index in [-0.39, 0.29) is 23.2 Å². The fourth-order valence-corrected chi connectivity index (χ4v) is 3.89. The summed E-state index contributed by atoms with van der Waals surface area (Å²) in [6, 6.07) is 6.81. The van der Waals surface area contributed by atoms with Crippen molar-refractivity contribution in [2.45, 2.75) is 56.4 Å². The lowest BCUT2D eigenvalue weighted by molar-refractivity contribution is -0.123. The van der Waals surface area contributed by atoms with Crippen LogP contribution in [0.5, 0.6) is 0 Å². The van der Waals surface area contributed by atoms with Gasteiger partial charge in [-0.2, -0.15) is 0 Å². The van der Waals surface area contributed by atoms with E-state index >= 15 is 0 Å². The van der Waals surface area contributed by atoms with Gasteiger partial charge in [0.1, 0.15) is 5.82 Å². The number of amides is 1. The predicted octanol–water partition coefficient (Wildman–Crippen LogP) is 2.90. The molecule has 1 unspecified atom stereocenters. The third-order valence-electron chi connectivity index (χ3n) is 5.25. The zero-order valence-electron chi connectivity index (χ0n) is 13.0. The fourth-order valence-electron chi connectivity index (χ4n) is 3.89. The summed E-state index contributed by atoms with van der Waals surface area (Å²) >= 11 is 0.